The lowest BCUT2D eigenvalue weighted by atomic mass is 10.1. The van der Waals surface area contributed by atoms with E-state index in [1.165, 1.54) is 11.1 Å². The third-order valence-corrected chi connectivity index (χ3v) is 2.51. The molecule has 0 saturated heterocycles. The maximum atomic E-state index is 10.4. The monoisotopic (exact) mass is 222 g/mol. The van der Waals surface area contributed by atoms with Gasteiger partial charge in [-0.05, 0) is 37.1 Å². The fourth-order valence-corrected chi connectivity index (χ4v) is 1.40. The van der Waals surface area contributed by atoms with Gasteiger partial charge in [0.2, 0.25) is 0 Å². The predicted molar refractivity (Wildman–Crippen MR) is 64.6 cm³/mol. The Morgan fingerprint density at radius 2 is 2.12 bits per heavy atom. The number of carboxylic acid groups (broad SMARTS) is 1. The molecule has 88 valence electrons. The molecule has 0 radical (unpaired) electrons. The lowest BCUT2D eigenvalue weighted by Gasteiger charge is -2.12. The summed E-state index contributed by atoms with van der Waals surface area (Å²) in [4.78, 5) is 10.4. The van der Waals surface area contributed by atoms with Crippen molar-refractivity contribution in [1.82, 2.24) is 0 Å². The molecule has 0 saturated carbocycles. The number of benzene rings is 1. The van der Waals surface area contributed by atoms with Gasteiger partial charge in [0, 0.05) is 18.3 Å². The van der Waals surface area contributed by atoms with E-state index in [1.54, 1.807) is 0 Å². The summed E-state index contributed by atoms with van der Waals surface area (Å²) in [5.41, 5.74) is 9.06. The van der Waals surface area contributed by atoms with Crippen molar-refractivity contribution in [2.45, 2.75) is 26.3 Å². The zero-order chi connectivity index (χ0) is 12.1. The van der Waals surface area contributed by atoms with E-state index in [4.69, 9.17) is 10.8 Å². The number of hydrogen-bond acceptors (Lipinski definition) is 3. The molecule has 0 amide bonds. The van der Waals surface area contributed by atoms with Crippen LogP contribution in [0.5, 0.6) is 0 Å². The van der Waals surface area contributed by atoms with Crippen molar-refractivity contribution in [1.29, 1.82) is 0 Å². The summed E-state index contributed by atoms with van der Waals surface area (Å²) in [6.07, 6.45) is -0.0160. The molecule has 1 rings (SSSR count). The molecular formula is C12H18N2O2. The minimum atomic E-state index is -0.866. The zero-order valence-corrected chi connectivity index (χ0v) is 9.66. The van der Waals surface area contributed by atoms with Gasteiger partial charge >= 0.3 is 5.97 Å². The SMILES string of the molecule is Cc1ccc(NCC(N)CC(=O)O)cc1C. The maximum absolute atomic E-state index is 10.4. The summed E-state index contributed by atoms with van der Waals surface area (Å²) < 4.78 is 0. The zero-order valence-electron chi connectivity index (χ0n) is 9.66. The number of hydrogen-bond donors (Lipinski definition) is 3. The molecule has 0 heterocycles. The number of aliphatic carboxylic acids is 1. The van der Waals surface area contributed by atoms with Gasteiger partial charge in [0.05, 0.1) is 6.42 Å². The summed E-state index contributed by atoms with van der Waals surface area (Å²) in [6, 6.07) is 5.66. The van der Waals surface area contributed by atoms with Crippen LogP contribution in [0, 0.1) is 13.8 Å². The molecule has 0 bridgehead atoms. The van der Waals surface area contributed by atoms with Crippen LogP contribution in [0.25, 0.3) is 0 Å². The van der Waals surface area contributed by atoms with Gasteiger partial charge < -0.3 is 16.2 Å². The van der Waals surface area contributed by atoms with Gasteiger partial charge in [-0.2, -0.15) is 0 Å². The molecule has 4 heteroatoms. The van der Waals surface area contributed by atoms with E-state index in [9.17, 15) is 4.79 Å². The first-order valence-electron chi connectivity index (χ1n) is 5.27. The molecule has 0 fully saturated rings. The fourth-order valence-electron chi connectivity index (χ4n) is 1.40. The predicted octanol–water partition coefficient (Wildman–Crippen LogP) is 1.52. The normalized spacial score (nSPS) is 12.2. The molecule has 0 aromatic heterocycles. The Morgan fingerprint density at radius 1 is 1.44 bits per heavy atom. The topological polar surface area (TPSA) is 75.3 Å². The average Bonchev–Trinajstić information content (AvgIpc) is 2.19. The van der Waals surface area contributed by atoms with Crippen LogP contribution < -0.4 is 11.1 Å². The van der Waals surface area contributed by atoms with Gasteiger partial charge in [-0.3, -0.25) is 4.79 Å². The minimum Gasteiger partial charge on any atom is -0.481 e. The van der Waals surface area contributed by atoms with Crippen molar-refractivity contribution in [3.05, 3.63) is 29.3 Å². The summed E-state index contributed by atoms with van der Waals surface area (Å²) in [7, 11) is 0. The molecule has 1 unspecified atom stereocenters. The number of rotatable bonds is 5. The van der Waals surface area contributed by atoms with Crippen LogP contribution in [-0.4, -0.2) is 23.7 Å². The molecule has 1 aromatic carbocycles. The van der Waals surface area contributed by atoms with Crippen LogP contribution in [0.3, 0.4) is 0 Å². The standard InChI is InChI=1S/C12H18N2O2/c1-8-3-4-11(5-9(8)2)14-7-10(13)6-12(15)16/h3-5,10,14H,6-7,13H2,1-2H3,(H,15,16). The van der Waals surface area contributed by atoms with Crippen LogP contribution in [-0.2, 0) is 4.79 Å². The molecule has 4 N–H and O–H groups in total. The van der Waals surface area contributed by atoms with Gasteiger partial charge in [-0.25, -0.2) is 0 Å². The fraction of sp³-hybridized carbons (Fsp3) is 0.417. The van der Waals surface area contributed by atoms with Gasteiger partial charge in [-0.1, -0.05) is 6.07 Å². The van der Waals surface area contributed by atoms with Crippen molar-refractivity contribution in [3.63, 3.8) is 0 Å². The van der Waals surface area contributed by atoms with E-state index >= 15 is 0 Å². The first-order chi connectivity index (χ1) is 7.49. The summed E-state index contributed by atoms with van der Waals surface area (Å²) >= 11 is 0. The second-order valence-corrected chi connectivity index (χ2v) is 4.04. The van der Waals surface area contributed by atoms with Crippen LogP contribution in [0.2, 0.25) is 0 Å². The Morgan fingerprint density at radius 3 is 2.69 bits per heavy atom. The van der Waals surface area contributed by atoms with Crippen molar-refractivity contribution < 1.29 is 9.90 Å². The summed E-state index contributed by atoms with van der Waals surface area (Å²) in [6.45, 7) is 4.56. The van der Waals surface area contributed by atoms with E-state index in [0.29, 0.717) is 6.54 Å². The Balaban J connectivity index is 2.48. The largest absolute Gasteiger partial charge is 0.481 e. The summed E-state index contributed by atoms with van der Waals surface area (Å²) in [5.74, 6) is -0.866. The van der Waals surface area contributed by atoms with Gasteiger partial charge in [0.1, 0.15) is 0 Å². The molecule has 0 spiro atoms. The quantitative estimate of drug-likeness (QED) is 0.706. The van der Waals surface area contributed by atoms with Gasteiger partial charge in [0.15, 0.2) is 0 Å². The lowest BCUT2D eigenvalue weighted by molar-refractivity contribution is -0.137. The van der Waals surface area contributed by atoms with E-state index < -0.39 is 5.97 Å². The van der Waals surface area contributed by atoms with E-state index in [1.807, 2.05) is 25.1 Å². The second-order valence-electron chi connectivity index (χ2n) is 4.04. The molecule has 16 heavy (non-hydrogen) atoms. The van der Waals surface area contributed by atoms with Crippen LogP contribution >= 0.6 is 0 Å². The van der Waals surface area contributed by atoms with Gasteiger partial charge in [0.25, 0.3) is 0 Å². The molecule has 1 aromatic rings. The number of anilines is 1. The Kier molecular flexibility index (Phi) is 4.31. The van der Waals surface area contributed by atoms with E-state index in [-0.39, 0.29) is 12.5 Å². The molecule has 0 aliphatic heterocycles. The van der Waals surface area contributed by atoms with Crippen LogP contribution in [0.1, 0.15) is 17.5 Å². The highest BCUT2D eigenvalue weighted by Crippen LogP contribution is 2.13. The van der Waals surface area contributed by atoms with Crippen LogP contribution in [0.15, 0.2) is 18.2 Å². The smallest absolute Gasteiger partial charge is 0.304 e. The highest BCUT2D eigenvalue weighted by Gasteiger charge is 2.07. The lowest BCUT2D eigenvalue weighted by Crippen LogP contribution is -2.31. The Hall–Kier alpha value is -1.55. The molecule has 0 aliphatic rings. The number of nitrogens with one attached hydrogen (secondary N) is 1. The van der Waals surface area contributed by atoms with E-state index in [0.717, 1.165) is 5.69 Å². The average molecular weight is 222 g/mol. The van der Waals surface area contributed by atoms with Crippen LogP contribution in [0.4, 0.5) is 5.69 Å². The number of carbonyl (C=O) groups is 1. The van der Waals surface area contributed by atoms with Crippen molar-refractivity contribution in [2.24, 2.45) is 5.73 Å². The number of carboxylic acids is 1. The Bertz CT molecular complexity index is 377. The van der Waals surface area contributed by atoms with Crippen molar-refractivity contribution in [3.8, 4) is 0 Å². The second kappa shape index (κ2) is 5.51. The Labute approximate surface area is 95.5 Å². The first kappa shape index (κ1) is 12.5. The van der Waals surface area contributed by atoms with E-state index in [2.05, 4.69) is 12.2 Å². The molecule has 1 atom stereocenters. The third kappa shape index (κ3) is 3.90. The first-order valence-corrected chi connectivity index (χ1v) is 5.27. The highest BCUT2D eigenvalue weighted by molar-refractivity contribution is 5.67. The number of nitrogens with two attached hydrogens (primary N) is 1. The van der Waals surface area contributed by atoms with Gasteiger partial charge in [-0.15, -0.1) is 0 Å². The molecule has 0 aliphatic carbocycles. The van der Waals surface area contributed by atoms with Crippen molar-refractivity contribution >= 4 is 11.7 Å². The molecule has 4 nitrogen and oxygen atoms in total. The third-order valence-electron chi connectivity index (χ3n) is 2.51. The number of aryl methyl sites for hydroxylation is 2. The minimum absolute atomic E-state index is 0.0160. The summed E-state index contributed by atoms with van der Waals surface area (Å²) in [5, 5.41) is 11.7. The highest BCUT2D eigenvalue weighted by atomic mass is 16.4. The molecular weight excluding hydrogens is 204 g/mol. The maximum Gasteiger partial charge on any atom is 0.304 e. The van der Waals surface area contributed by atoms with Crippen molar-refractivity contribution in [2.75, 3.05) is 11.9 Å².